The average molecular weight is 333 g/mol. The van der Waals surface area contributed by atoms with Crippen molar-refractivity contribution in [3.63, 3.8) is 0 Å². The van der Waals surface area contributed by atoms with Crippen LogP contribution in [0.3, 0.4) is 0 Å². The zero-order valence-corrected chi connectivity index (χ0v) is 15.0. The first kappa shape index (κ1) is 16.8. The number of hydrogen-bond donors (Lipinski definition) is 1. The maximum atomic E-state index is 12.3. The van der Waals surface area contributed by atoms with E-state index in [0.717, 1.165) is 19.5 Å². The Balaban J connectivity index is 1.43. The molecular formula is C17H27N5O2. The van der Waals surface area contributed by atoms with E-state index in [1.165, 1.54) is 0 Å². The van der Waals surface area contributed by atoms with Crippen molar-refractivity contribution in [1.82, 2.24) is 19.6 Å². The maximum Gasteiger partial charge on any atom is 0.323 e. The lowest BCUT2D eigenvalue weighted by Crippen LogP contribution is -2.36. The van der Waals surface area contributed by atoms with Gasteiger partial charge in [-0.2, -0.15) is 5.10 Å². The zero-order chi connectivity index (χ0) is 17.5. The third-order valence-corrected chi connectivity index (χ3v) is 5.56. The molecule has 0 radical (unpaired) electrons. The number of urea groups is 1. The molecule has 2 fully saturated rings. The smallest absolute Gasteiger partial charge is 0.323 e. The number of likely N-dealkylation sites (tertiary alicyclic amines) is 1. The van der Waals surface area contributed by atoms with Gasteiger partial charge in [-0.3, -0.25) is 14.8 Å². The Hall–Kier alpha value is -2.05. The van der Waals surface area contributed by atoms with Gasteiger partial charge in [-0.1, -0.05) is 13.8 Å². The molecule has 1 aliphatic carbocycles. The second-order valence-electron chi connectivity index (χ2n) is 7.73. The molecule has 1 aliphatic heterocycles. The molecule has 1 aromatic heterocycles. The molecule has 1 saturated heterocycles. The maximum absolute atomic E-state index is 12.3. The van der Waals surface area contributed by atoms with E-state index in [9.17, 15) is 9.59 Å². The monoisotopic (exact) mass is 333 g/mol. The van der Waals surface area contributed by atoms with Gasteiger partial charge in [0.1, 0.15) is 0 Å². The summed E-state index contributed by atoms with van der Waals surface area (Å²) in [6.07, 6.45) is 3.07. The molecule has 1 saturated carbocycles. The highest BCUT2D eigenvalue weighted by molar-refractivity contribution is 5.88. The minimum Gasteiger partial charge on any atom is -0.349 e. The standard InChI is InChI=1S/C17H27N5O2/c1-17(2)12-10-21(11-13(12)17)16(24)18-14-7-9-22(19-14)8-5-6-15(23)20(3)4/h7,9,12-13H,5-6,8,10-11H2,1-4H3,(H,18,19,24). The second-order valence-corrected chi connectivity index (χ2v) is 7.73. The van der Waals surface area contributed by atoms with Crippen LogP contribution in [-0.4, -0.2) is 58.7 Å². The van der Waals surface area contributed by atoms with Crippen LogP contribution in [-0.2, 0) is 11.3 Å². The lowest BCUT2D eigenvalue weighted by Gasteiger charge is -2.21. The molecule has 3 rings (SSSR count). The minimum atomic E-state index is -0.0639. The van der Waals surface area contributed by atoms with Gasteiger partial charge in [-0.05, 0) is 23.7 Å². The van der Waals surface area contributed by atoms with Gasteiger partial charge in [0.15, 0.2) is 5.82 Å². The number of fused-ring (bicyclic) bond motifs is 1. The molecule has 24 heavy (non-hydrogen) atoms. The van der Waals surface area contributed by atoms with Crippen molar-refractivity contribution in [2.75, 3.05) is 32.5 Å². The van der Waals surface area contributed by atoms with Crippen LogP contribution in [0, 0.1) is 17.3 Å². The Labute approximate surface area is 143 Å². The number of carbonyl (C=O) groups is 2. The molecule has 7 nitrogen and oxygen atoms in total. The molecule has 0 aromatic carbocycles. The summed E-state index contributed by atoms with van der Waals surface area (Å²) < 4.78 is 1.77. The molecule has 7 heteroatoms. The molecule has 0 spiro atoms. The highest BCUT2D eigenvalue weighted by Crippen LogP contribution is 2.61. The van der Waals surface area contributed by atoms with E-state index in [0.29, 0.717) is 36.0 Å². The first-order valence-corrected chi connectivity index (χ1v) is 8.58. The summed E-state index contributed by atoms with van der Waals surface area (Å²) in [4.78, 5) is 27.3. The van der Waals surface area contributed by atoms with Crippen molar-refractivity contribution in [2.45, 2.75) is 33.2 Å². The number of hydrogen-bond acceptors (Lipinski definition) is 3. The SMILES string of the molecule is CN(C)C(=O)CCCn1ccc(NC(=O)N2CC3C(C2)C3(C)C)n1. The van der Waals surface area contributed by atoms with Gasteiger partial charge in [0, 0.05) is 52.4 Å². The van der Waals surface area contributed by atoms with Crippen LogP contribution in [0.5, 0.6) is 0 Å². The Morgan fingerprint density at radius 2 is 2.00 bits per heavy atom. The summed E-state index contributed by atoms with van der Waals surface area (Å²) in [6.45, 7) is 6.91. The first-order valence-electron chi connectivity index (χ1n) is 8.58. The number of nitrogens with zero attached hydrogens (tertiary/aromatic N) is 4. The van der Waals surface area contributed by atoms with Crippen LogP contribution < -0.4 is 5.32 Å². The van der Waals surface area contributed by atoms with Crippen LogP contribution in [0.2, 0.25) is 0 Å². The number of rotatable bonds is 5. The number of anilines is 1. The van der Waals surface area contributed by atoms with Crippen LogP contribution in [0.1, 0.15) is 26.7 Å². The molecule has 2 atom stereocenters. The van der Waals surface area contributed by atoms with E-state index in [1.807, 2.05) is 11.1 Å². The lowest BCUT2D eigenvalue weighted by atomic mass is 10.1. The van der Waals surface area contributed by atoms with Crippen molar-refractivity contribution in [1.29, 1.82) is 0 Å². The van der Waals surface area contributed by atoms with Gasteiger partial charge in [-0.25, -0.2) is 4.79 Å². The normalized spacial score (nSPS) is 23.8. The number of aryl methyl sites for hydroxylation is 1. The first-order chi connectivity index (χ1) is 11.3. The average Bonchev–Trinajstić information content (AvgIpc) is 2.97. The predicted octanol–water partition coefficient (Wildman–Crippen LogP) is 1.87. The van der Waals surface area contributed by atoms with Crippen LogP contribution >= 0.6 is 0 Å². The van der Waals surface area contributed by atoms with E-state index in [4.69, 9.17) is 0 Å². The third kappa shape index (κ3) is 3.25. The third-order valence-electron chi connectivity index (χ3n) is 5.56. The highest BCUT2D eigenvalue weighted by Gasteiger charge is 2.62. The van der Waals surface area contributed by atoms with Crippen LogP contribution in [0.15, 0.2) is 12.3 Å². The van der Waals surface area contributed by atoms with Gasteiger partial charge in [0.05, 0.1) is 0 Å². The molecule has 2 unspecified atom stereocenters. The lowest BCUT2D eigenvalue weighted by molar-refractivity contribution is -0.128. The summed E-state index contributed by atoms with van der Waals surface area (Å²) in [6, 6.07) is 1.73. The van der Waals surface area contributed by atoms with Gasteiger partial charge >= 0.3 is 6.03 Å². The fraction of sp³-hybridized carbons (Fsp3) is 0.706. The number of amides is 3. The molecule has 1 aromatic rings. The van der Waals surface area contributed by atoms with Crippen molar-refractivity contribution in [3.8, 4) is 0 Å². The molecule has 132 valence electrons. The Bertz CT molecular complexity index is 623. The molecule has 3 amide bonds. The molecule has 2 aliphatic rings. The number of aromatic nitrogens is 2. The molecule has 1 N–H and O–H groups in total. The zero-order valence-electron chi connectivity index (χ0n) is 15.0. The van der Waals surface area contributed by atoms with Crippen LogP contribution in [0.4, 0.5) is 10.6 Å². The fourth-order valence-electron chi connectivity index (χ4n) is 3.66. The van der Waals surface area contributed by atoms with Crippen molar-refractivity contribution >= 4 is 17.8 Å². The molecule has 0 bridgehead atoms. The largest absolute Gasteiger partial charge is 0.349 e. The van der Waals surface area contributed by atoms with Gasteiger partial charge in [0.25, 0.3) is 0 Å². The summed E-state index contributed by atoms with van der Waals surface area (Å²) in [5, 5.41) is 7.23. The van der Waals surface area contributed by atoms with Gasteiger partial charge in [0.2, 0.25) is 5.91 Å². The topological polar surface area (TPSA) is 70.5 Å². The van der Waals surface area contributed by atoms with E-state index in [-0.39, 0.29) is 11.9 Å². The van der Waals surface area contributed by atoms with E-state index >= 15 is 0 Å². The minimum absolute atomic E-state index is 0.0639. The predicted molar refractivity (Wildman–Crippen MR) is 91.5 cm³/mol. The summed E-state index contributed by atoms with van der Waals surface area (Å²) >= 11 is 0. The Morgan fingerprint density at radius 3 is 2.62 bits per heavy atom. The van der Waals surface area contributed by atoms with Crippen molar-refractivity contribution < 1.29 is 9.59 Å². The Morgan fingerprint density at radius 1 is 1.33 bits per heavy atom. The van der Waals surface area contributed by atoms with Gasteiger partial charge < -0.3 is 9.80 Å². The molecular weight excluding hydrogens is 306 g/mol. The quantitative estimate of drug-likeness (QED) is 0.894. The molecule has 2 heterocycles. The van der Waals surface area contributed by atoms with E-state index < -0.39 is 0 Å². The van der Waals surface area contributed by atoms with E-state index in [2.05, 4.69) is 24.3 Å². The number of nitrogens with one attached hydrogen (secondary N) is 1. The van der Waals surface area contributed by atoms with Crippen molar-refractivity contribution in [3.05, 3.63) is 12.3 Å². The second kappa shape index (κ2) is 6.11. The Kier molecular flexibility index (Phi) is 4.27. The summed E-state index contributed by atoms with van der Waals surface area (Å²) in [7, 11) is 3.51. The number of carbonyl (C=O) groups excluding carboxylic acids is 2. The van der Waals surface area contributed by atoms with E-state index in [1.54, 1.807) is 29.7 Å². The fourth-order valence-corrected chi connectivity index (χ4v) is 3.66. The van der Waals surface area contributed by atoms with Crippen LogP contribution in [0.25, 0.3) is 0 Å². The van der Waals surface area contributed by atoms with Gasteiger partial charge in [-0.15, -0.1) is 0 Å². The van der Waals surface area contributed by atoms with Crippen molar-refractivity contribution in [2.24, 2.45) is 17.3 Å². The summed E-state index contributed by atoms with van der Waals surface area (Å²) in [5.74, 6) is 1.98. The summed E-state index contributed by atoms with van der Waals surface area (Å²) in [5.41, 5.74) is 0.405. The highest BCUT2D eigenvalue weighted by atomic mass is 16.2. The number of piperidine rings is 1.